The van der Waals surface area contributed by atoms with E-state index in [4.69, 9.17) is 9.15 Å². The number of ether oxygens (including phenoxy) is 1. The summed E-state index contributed by atoms with van der Waals surface area (Å²) in [5, 5.41) is 2.90. The van der Waals surface area contributed by atoms with Crippen LogP contribution in [0.1, 0.15) is 35.7 Å². The van der Waals surface area contributed by atoms with Crippen LogP contribution in [0.3, 0.4) is 0 Å². The van der Waals surface area contributed by atoms with Gasteiger partial charge in [-0.2, -0.15) is 0 Å². The van der Waals surface area contributed by atoms with Gasteiger partial charge in [0.25, 0.3) is 5.91 Å². The Balaban J connectivity index is 1.52. The largest absolute Gasteiger partial charge is 0.494 e. The average Bonchev–Trinajstić information content (AvgIpc) is 3.22. The van der Waals surface area contributed by atoms with Gasteiger partial charge < -0.3 is 14.5 Å². The summed E-state index contributed by atoms with van der Waals surface area (Å²) in [5.74, 6) is 1.38. The van der Waals surface area contributed by atoms with Gasteiger partial charge >= 0.3 is 0 Å². The molecule has 3 rings (SSSR count). The highest BCUT2D eigenvalue weighted by molar-refractivity contribution is 5.94. The van der Waals surface area contributed by atoms with Crippen LogP contribution >= 0.6 is 0 Å². The fourth-order valence-electron chi connectivity index (χ4n) is 2.42. The van der Waals surface area contributed by atoms with E-state index in [1.165, 1.54) is 0 Å². The number of nitrogens with one attached hydrogen (secondary N) is 1. The molecule has 0 saturated heterocycles. The smallest absolute Gasteiger partial charge is 0.251 e. The van der Waals surface area contributed by atoms with E-state index >= 15 is 0 Å². The van der Waals surface area contributed by atoms with Crippen molar-refractivity contribution >= 4 is 5.91 Å². The van der Waals surface area contributed by atoms with Gasteiger partial charge in [0.1, 0.15) is 11.4 Å². The van der Waals surface area contributed by atoms with Gasteiger partial charge in [0.05, 0.1) is 12.9 Å². The van der Waals surface area contributed by atoms with E-state index in [0.29, 0.717) is 18.7 Å². The minimum atomic E-state index is -0.125. The Morgan fingerprint density at radius 1 is 1.15 bits per heavy atom. The highest BCUT2D eigenvalue weighted by Crippen LogP contribution is 2.17. The van der Waals surface area contributed by atoms with E-state index in [1.54, 1.807) is 24.6 Å². The Kier molecular flexibility index (Phi) is 6.04. The molecule has 5 heteroatoms. The van der Waals surface area contributed by atoms with Crippen molar-refractivity contribution in [1.82, 2.24) is 10.3 Å². The molecule has 0 unspecified atom stereocenters. The van der Waals surface area contributed by atoms with Gasteiger partial charge in [0.2, 0.25) is 0 Å². The van der Waals surface area contributed by atoms with Gasteiger partial charge in [-0.3, -0.25) is 9.78 Å². The zero-order valence-corrected chi connectivity index (χ0v) is 14.8. The summed E-state index contributed by atoms with van der Waals surface area (Å²) in [7, 11) is 0. The number of benzene rings is 1. The molecule has 0 aliphatic rings. The number of furan rings is 1. The topological polar surface area (TPSA) is 64.4 Å². The van der Waals surface area contributed by atoms with Crippen molar-refractivity contribution < 1.29 is 13.9 Å². The number of amides is 1. The predicted molar refractivity (Wildman–Crippen MR) is 100.0 cm³/mol. The summed E-state index contributed by atoms with van der Waals surface area (Å²) < 4.78 is 10.9. The number of unbranched alkanes of at least 4 members (excludes halogenated alkanes) is 1. The minimum absolute atomic E-state index is 0.125. The Bertz CT molecular complexity index is 809. The predicted octanol–water partition coefficient (Wildman–Crippen LogP) is 4.45. The first kappa shape index (κ1) is 17.7. The molecule has 2 aromatic heterocycles. The average molecular weight is 350 g/mol. The van der Waals surface area contributed by atoms with Crippen LogP contribution in [-0.2, 0) is 6.54 Å². The molecular formula is C21H22N2O3. The van der Waals surface area contributed by atoms with Crippen LogP contribution in [0.5, 0.6) is 5.75 Å². The monoisotopic (exact) mass is 350 g/mol. The highest BCUT2D eigenvalue weighted by Gasteiger charge is 2.07. The highest BCUT2D eigenvalue weighted by atomic mass is 16.5. The number of rotatable bonds is 8. The van der Waals surface area contributed by atoms with Crippen LogP contribution in [0.4, 0.5) is 0 Å². The molecule has 0 radical (unpaired) electrons. The molecule has 0 fully saturated rings. The second-order valence-electron chi connectivity index (χ2n) is 5.94. The lowest BCUT2D eigenvalue weighted by atomic mass is 10.2. The van der Waals surface area contributed by atoms with Crippen molar-refractivity contribution in [2.75, 3.05) is 6.61 Å². The molecule has 0 atom stereocenters. The van der Waals surface area contributed by atoms with E-state index in [1.807, 2.05) is 36.4 Å². The first-order valence-electron chi connectivity index (χ1n) is 8.76. The summed E-state index contributed by atoms with van der Waals surface area (Å²) in [6.07, 6.45) is 5.47. The summed E-state index contributed by atoms with van der Waals surface area (Å²) in [4.78, 5) is 16.6. The molecule has 0 spiro atoms. The molecule has 0 aliphatic carbocycles. The third-order valence-electron chi connectivity index (χ3n) is 3.93. The Morgan fingerprint density at radius 2 is 2.00 bits per heavy atom. The third-order valence-corrected chi connectivity index (χ3v) is 3.93. The summed E-state index contributed by atoms with van der Waals surface area (Å²) in [5.41, 5.74) is 2.30. The van der Waals surface area contributed by atoms with Crippen LogP contribution in [0, 0.1) is 0 Å². The molecule has 0 aliphatic heterocycles. The maximum absolute atomic E-state index is 12.3. The van der Waals surface area contributed by atoms with Crippen molar-refractivity contribution in [3.63, 3.8) is 0 Å². The maximum atomic E-state index is 12.3. The van der Waals surface area contributed by atoms with Gasteiger partial charge in [0, 0.05) is 18.3 Å². The molecule has 26 heavy (non-hydrogen) atoms. The standard InChI is InChI=1S/C21H22N2O3/c1-2-3-12-25-18-9-7-17(8-10-18)21(24)23-15-16-6-11-19(22-14-16)20-5-4-13-26-20/h4-11,13-14H,2-3,12,15H2,1H3,(H,23,24). The quantitative estimate of drug-likeness (QED) is 0.610. The van der Waals surface area contributed by atoms with Gasteiger partial charge in [-0.1, -0.05) is 19.4 Å². The van der Waals surface area contributed by atoms with Gasteiger partial charge in [-0.05, 0) is 54.4 Å². The lowest BCUT2D eigenvalue weighted by Crippen LogP contribution is -2.22. The van der Waals surface area contributed by atoms with E-state index in [0.717, 1.165) is 35.6 Å². The molecule has 5 nitrogen and oxygen atoms in total. The van der Waals surface area contributed by atoms with E-state index in [2.05, 4.69) is 17.2 Å². The second-order valence-corrected chi connectivity index (χ2v) is 5.94. The number of carbonyl (C=O) groups excluding carboxylic acids is 1. The number of nitrogens with zero attached hydrogens (tertiary/aromatic N) is 1. The lowest BCUT2D eigenvalue weighted by Gasteiger charge is -2.08. The molecule has 1 amide bonds. The molecule has 0 bridgehead atoms. The van der Waals surface area contributed by atoms with Crippen molar-refractivity contribution in [1.29, 1.82) is 0 Å². The first-order chi connectivity index (χ1) is 12.8. The van der Waals surface area contributed by atoms with Crippen LogP contribution in [-0.4, -0.2) is 17.5 Å². The number of hydrogen-bond acceptors (Lipinski definition) is 4. The lowest BCUT2D eigenvalue weighted by molar-refractivity contribution is 0.0951. The normalized spacial score (nSPS) is 10.5. The Hall–Kier alpha value is -3.08. The van der Waals surface area contributed by atoms with Gasteiger partial charge in [-0.25, -0.2) is 0 Å². The van der Waals surface area contributed by atoms with Gasteiger partial charge in [0.15, 0.2) is 5.76 Å². The summed E-state index contributed by atoms with van der Waals surface area (Å²) >= 11 is 0. The molecule has 2 heterocycles. The van der Waals surface area contributed by atoms with Crippen LogP contribution in [0.2, 0.25) is 0 Å². The van der Waals surface area contributed by atoms with Crippen molar-refractivity contribution in [3.05, 3.63) is 72.1 Å². The first-order valence-corrected chi connectivity index (χ1v) is 8.76. The molecule has 1 N–H and O–H groups in total. The number of hydrogen-bond donors (Lipinski definition) is 1. The fourth-order valence-corrected chi connectivity index (χ4v) is 2.42. The zero-order valence-electron chi connectivity index (χ0n) is 14.8. The van der Waals surface area contributed by atoms with E-state index < -0.39 is 0 Å². The van der Waals surface area contributed by atoms with Crippen LogP contribution in [0.25, 0.3) is 11.5 Å². The van der Waals surface area contributed by atoms with Crippen LogP contribution in [0.15, 0.2) is 65.4 Å². The number of pyridine rings is 1. The minimum Gasteiger partial charge on any atom is -0.494 e. The molecule has 134 valence electrons. The third kappa shape index (κ3) is 4.72. The van der Waals surface area contributed by atoms with Crippen LogP contribution < -0.4 is 10.1 Å². The molecule has 0 saturated carbocycles. The van der Waals surface area contributed by atoms with Crippen molar-refractivity contribution in [2.45, 2.75) is 26.3 Å². The fraction of sp³-hybridized carbons (Fsp3) is 0.238. The maximum Gasteiger partial charge on any atom is 0.251 e. The van der Waals surface area contributed by atoms with E-state index in [-0.39, 0.29) is 5.91 Å². The summed E-state index contributed by atoms with van der Waals surface area (Å²) in [6, 6.07) is 14.7. The Labute approximate surface area is 153 Å². The van der Waals surface area contributed by atoms with E-state index in [9.17, 15) is 4.79 Å². The number of aromatic nitrogens is 1. The van der Waals surface area contributed by atoms with Crippen molar-refractivity contribution in [2.24, 2.45) is 0 Å². The molecule has 3 aromatic rings. The van der Waals surface area contributed by atoms with Gasteiger partial charge in [-0.15, -0.1) is 0 Å². The second kappa shape index (κ2) is 8.85. The summed E-state index contributed by atoms with van der Waals surface area (Å²) in [6.45, 7) is 3.24. The zero-order chi connectivity index (χ0) is 18.2. The van der Waals surface area contributed by atoms with Crippen molar-refractivity contribution in [3.8, 4) is 17.2 Å². The molecule has 1 aromatic carbocycles. The SMILES string of the molecule is CCCCOc1ccc(C(=O)NCc2ccc(-c3ccco3)nc2)cc1. The number of carbonyl (C=O) groups is 1. The Morgan fingerprint density at radius 3 is 2.65 bits per heavy atom. The molecular weight excluding hydrogens is 328 g/mol.